The van der Waals surface area contributed by atoms with E-state index in [-0.39, 0.29) is 0 Å². The highest BCUT2D eigenvalue weighted by Gasteiger charge is 2.10. The van der Waals surface area contributed by atoms with Crippen LogP contribution in [0.3, 0.4) is 0 Å². The summed E-state index contributed by atoms with van der Waals surface area (Å²) in [5, 5.41) is 16.0. The molecular weight excluding hydrogens is 260 g/mol. The first-order valence-corrected chi connectivity index (χ1v) is 6.81. The SMILES string of the molecule is O=C(O)/C=C/c1cc2cccc3ccc4cccc1c4c32. The molecule has 4 aromatic rings. The van der Waals surface area contributed by atoms with Crippen LogP contribution in [0.5, 0.6) is 0 Å². The van der Waals surface area contributed by atoms with E-state index in [2.05, 4.69) is 42.5 Å². The molecule has 1 N–H and O–H groups in total. The zero-order valence-electron chi connectivity index (χ0n) is 11.2. The summed E-state index contributed by atoms with van der Waals surface area (Å²) in [4.78, 5) is 10.8. The summed E-state index contributed by atoms with van der Waals surface area (Å²) in [5.74, 6) is -0.930. The first-order valence-electron chi connectivity index (χ1n) is 6.81. The molecule has 0 bridgehead atoms. The molecular formula is C19H12O2. The number of hydrogen-bond acceptors (Lipinski definition) is 1. The van der Waals surface area contributed by atoms with Crippen LogP contribution in [0, 0.1) is 0 Å². The van der Waals surface area contributed by atoms with Gasteiger partial charge in [-0.25, -0.2) is 4.79 Å². The van der Waals surface area contributed by atoms with Crippen molar-refractivity contribution in [2.24, 2.45) is 0 Å². The molecule has 0 aliphatic carbocycles. The molecule has 4 aromatic carbocycles. The van der Waals surface area contributed by atoms with Gasteiger partial charge in [0.1, 0.15) is 0 Å². The smallest absolute Gasteiger partial charge is 0.328 e. The van der Waals surface area contributed by atoms with Gasteiger partial charge in [-0.15, -0.1) is 0 Å². The van der Waals surface area contributed by atoms with E-state index in [9.17, 15) is 4.79 Å². The molecule has 0 aromatic heterocycles. The van der Waals surface area contributed by atoms with E-state index < -0.39 is 5.97 Å². The molecule has 0 saturated carbocycles. The van der Waals surface area contributed by atoms with Crippen LogP contribution in [0.4, 0.5) is 0 Å². The Morgan fingerprint density at radius 1 is 0.857 bits per heavy atom. The zero-order valence-corrected chi connectivity index (χ0v) is 11.2. The first-order chi connectivity index (χ1) is 10.2. The van der Waals surface area contributed by atoms with Gasteiger partial charge in [0, 0.05) is 6.08 Å². The van der Waals surface area contributed by atoms with E-state index in [1.165, 1.54) is 27.6 Å². The minimum atomic E-state index is -0.930. The van der Waals surface area contributed by atoms with Gasteiger partial charge < -0.3 is 5.11 Å². The molecule has 0 aliphatic rings. The average molecular weight is 272 g/mol. The quantitative estimate of drug-likeness (QED) is 0.425. The van der Waals surface area contributed by atoms with Gasteiger partial charge in [-0.05, 0) is 50.0 Å². The molecule has 0 aliphatic heterocycles. The van der Waals surface area contributed by atoms with Gasteiger partial charge in [-0.1, -0.05) is 48.5 Å². The van der Waals surface area contributed by atoms with E-state index >= 15 is 0 Å². The van der Waals surface area contributed by atoms with Gasteiger partial charge in [-0.3, -0.25) is 0 Å². The Hall–Kier alpha value is -2.87. The van der Waals surface area contributed by atoms with Gasteiger partial charge in [0.15, 0.2) is 0 Å². The summed E-state index contributed by atoms with van der Waals surface area (Å²) in [6.45, 7) is 0. The lowest BCUT2D eigenvalue weighted by Crippen LogP contribution is -1.89. The zero-order chi connectivity index (χ0) is 14.4. The summed E-state index contributed by atoms with van der Waals surface area (Å²) in [5.41, 5.74) is 0.939. The van der Waals surface area contributed by atoms with E-state index in [1.807, 2.05) is 12.1 Å². The van der Waals surface area contributed by atoms with E-state index in [1.54, 1.807) is 6.08 Å². The van der Waals surface area contributed by atoms with Crippen molar-refractivity contribution in [3.63, 3.8) is 0 Å². The van der Waals surface area contributed by atoms with Crippen LogP contribution < -0.4 is 0 Å². The van der Waals surface area contributed by atoms with Crippen LogP contribution in [0.1, 0.15) is 5.56 Å². The number of carbonyl (C=O) groups is 1. The lowest BCUT2D eigenvalue weighted by Gasteiger charge is -2.12. The van der Waals surface area contributed by atoms with Crippen molar-refractivity contribution in [1.82, 2.24) is 0 Å². The topological polar surface area (TPSA) is 37.3 Å². The highest BCUT2D eigenvalue weighted by Crippen LogP contribution is 2.36. The molecule has 0 heterocycles. The van der Waals surface area contributed by atoms with Crippen LogP contribution in [-0.4, -0.2) is 11.1 Å². The van der Waals surface area contributed by atoms with Crippen molar-refractivity contribution in [2.45, 2.75) is 0 Å². The maximum atomic E-state index is 10.8. The molecule has 2 nitrogen and oxygen atoms in total. The van der Waals surface area contributed by atoms with Crippen molar-refractivity contribution in [3.8, 4) is 0 Å². The average Bonchev–Trinajstić information content (AvgIpc) is 2.51. The van der Waals surface area contributed by atoms with Crippen molar-refractivity contribution in [3.05, 3.63) is 66.2 Å². The monoisotopic (exact) mass is 272 g/mol. The van der Waals surface area contributed by atoms with E-state index in [0.29, 0.717) is 0 Å². The molecule has 100 valence electrons. The summed E-state index contributed by atoms with van der Waals surface area (Å²) in [6.07, 6.45) is 2.87. The van der Waals surface area contributed by atoms with E-state index in [4.69, 9.17) is 5.11 Å². The summed E-state index contributed by atoms with van der Waals surface area (Å²) in [6, 6.07) is 18.7. The van der Waals surface area contributed by atoms with Gasteiger partial charge in [0.05, 0.1) is 0 Å². The second kappa shape index (κ2) is 4.32. The fourth-order valence-electron chi connectivity index (χ4n) is 3.09. The van der Waals surface area contributed by atoms with Crippen LogP contribution >= 0.6 is 0 Å². The Bertz CT molecular complexity index is 1010. The van der Waals surface area contributed by atoms with Crippen molar-refractivity contribution in [2.75, 3.05) is 0 Å². The molecule has 0 saturated heterocycles. The Morgan fingerprint density at radius 2 is 1.52 bits per heavy atom. The molecule has 0 unspecified atom stereocenters. The number of benzene rings is 4. The number of carboxylic acid groups (broad SMARTS) is 1. The van der Waals surface area contributed by atoms with Crippen LogP contribution in [0.2, 0.25) is 0 Å². The minimum Gasteiger partial charge on any atom is -0.478 e. The van der Waals surface area contributed by atoms with Gasteiger partial charge in [0.2, 0.25) is 0 Å². The molecule has 0 atom stereocenters. The van der Waals surface area contributed by atoms with Crippen LogP contribution in [-0.2, 0) is 4.79 Å². The molecule has 2 heteroatoms. The van der Waals surface area contributed by atoms with Crippen molar-refractivity contribution < 1.29 is 9.90 Å². The van der Waals surface area contributed by atoms with Gasteiger partial charge >= 0.3 is 5.97 Å². The number of carboxylic acids is 1. The fourth-order valence-corrected chi connectivity index (χ4v) is 3.09. The van der Waals surface area contributed by atoms with Crippen molar-refractivity contribution >= 4 is 44.4 Å². The molecule has 0 radical (unpaired) electrons. The molecule has 0 spiro atoms. The maximum absolute atomic E-state index is 10.8. The first kappa shape index (κ1) is 11.9. The summed E-state index contributed by atoms with van der Waals surface area (Å²) in [7, 11) is 0. The third-order valence-electron chi connectivity index (χ3n) is 3.95. The predicted molar refractivity (Wildman–Crippen MR) is 86.8 cm³/mol. The maximum Gasteiger partial charge on any atom is 0.328 e. The van der Waals surface area contributed by atoms with Crippen LogP contribution in [0.25, 0.3) is 38.4 Å². The largest absolute Gasteiger partial charge is 0.478 e. The van der Waals surface area contributed by atoms with Gasteiger partial charge in [0.25, 0.3) is 0 Å². The normalized spacial score (nSPS) is 12.0. The lowest BCUT2D eigenvalue weighted by atomic mass is 9.91. The number of rotatable bonds is 2. The van der Waals surface area contributed by atoms with Gasteiger partial charge in [-0.2, -0.15) is 0 Å². The lowest BCUT2D eigenvalue weighted by molar-refractivity contribution is -0.131. The highest BCUT2D eigenvalue weighted by atomic mass is 16.4. The molecule has 21 heavy (non-hydrogen) atoms. The number of aliphatic carboxylic acids is 1. The van der Waals surface area contributed by atoms with Crippen LogP contribution in [0.15, 0.2) is 60.7 Å². The summed E-state index contributed by atoms with van der Waals surface area (Å²) >= 11 is 0. The van der Waals surface area contributed by atoms with Crippen molar-refractivity contribution in [1.29, 1.82) is 0 Å². The second-order valence-electron chi connectivity index (χ2n) is 5.19. The predicted octanol–water partition coefficient (Wildman–Crippen LogP) is 4.68. The third kappa shape index (κ3) is 1.77. The minimum absolute atomic E-state index is 0.930. The second-order valence-corrected chi connectivity index (χ2v) is 5.19. The Balaban J connectivity index is 2.22. The number of hydrogen-bond donors (Lipinski definition) is 1. The Kier molecular flexibility index (Phi) is 2.45. The Morgan fingerprint density at radius 3 is 2.29 bits per heavy atom. The fraction of sp³-hybridized carbons (Fsp3) is 0. The third-order valence-corrected chi connectivity index (χ3v) is 3.95. The van der Waals surface area contributed by atoms with E-state index in [0.717, 1.165) is 16.3 Å². The Labute approximate surface area is 121 Å². The summed E-state index contributed by atoms with van der Waals surface area (Å²) < 4.78 is 0. The highest BCUT2D eigenvalue weighted by molar-refractivity contribution is 6.24. The molecule has 4 rings (SSSR count). The standard InChI is InChI=1S/C19H12O2/c20-17(21)10-9-14-11-15-5-1-3-12-7-8-13-4-2-6-16(14)19(13)18(12)15/h1-11H,(H,20,21)/b10-9+. The molecule has 0 fully saturated rings. The molecule has 0 amide bonds.